The maximum atomic E-state index is 11.7. The number of hydrogen-bond donors (Lipinski definition) is 0. The summed E-state index contributed by atoms with van der Waals surface area (Å²) < 4.78 is 4.45. The molecule has 1 fully saturated rings. The molecule has 0 bridgehead atoms. The summed E-state index contributed by atoms with van der Waals surface area (Å²) in [5, 5.41) is 0.651. The van der Waals surface area contributed by atoms with Crippen LogP contribution in [-0.4, -0.2) is 23.9 Å². The molecule has 1 amide bonds. The Balaban J connectivity index is 2.43. The fourth-order valence-electron chi connectivity index (χ4n) is 1.92. The molecule has 2 rings (SSSR count). The van der Waals surface area contributed by atoms with Crippen molar-refractivity contribution in [1.29, 1.82) is 0 Å². The normalized spacial score (nSPS) is 18.4. The lowest BCUT2D eigenvalue weighted by molar-refractivity contribution is -0.152. The van der Waals surface area contributed by atoms with Gasteiger partial charge in [-0.2, -0.15) is 0 Å². The van der Waals surface area contributed by atoms with Crippen molar-refractivity contribution in [3.63, 3.8) is 0 Å². The van der Waals surface area contributed by atoms with Crippen molar-refractivity contribution in [2.24, 2.45) is 0 Å². The van der Waals surface area contributed by atoms with Gasteiger partial charge in [0.25, 0.3) is 0 Å². The summed E-state index contributed by atoms with van der Waals surface area (Å²) >= 11 is 11.7. The number of anilines is 1. The van der Waals surface area contributed by atoms with Gasteiger partial charge in [0.15, 0.2) is 0 Å². The Labute approximate surface area is 119 Å². The Hall–Kier alpha value is -1.59. The van der Waals surface area contributed by atoms with Crippen molar-refractivity contribution < 1.29 is 19.1 Å². The molecule has 1 aliphatic heterocycles. The number of halogens is 2. The first-order valence-electron chi connectivity index (χ1n) is 5.39. The van der Waals surface area contributed by atoms with Gasteiger partial charge in [0.1, 0.15) is 6.04 Å². The van der Waals surface area contributed by atoms with Crippen molar-refractivity contribution in [3.8, 4) is 0 Å². The van der Waals surface area contributed by atoms with Crippen LogP contribution in [0.1, 0.15) is 13.3 Å². The van der Waals surface area contributed by atoms with Gasteiger partial charge in [-0.25, -0.2) is 4.79 Å². The molecule has 0 N–H and O–H groups in total. The van der Waals surface area contributed by atoms with Crippen LogP contribution in [0.5, 0.6) is 0 Å². The minimum Gasteiger partial charge on any atom is -0.392 e. The van der Waals surface area contributed by atoms with E-state index in [1.807, 2.05) is 0 Å². The van der Waals surface area contributed by atoms with Crippen molar-refractivity contribution in [3.05, 3.63) is 28.2 Å². The van der Waals surface area contributed by atoms with Crippen molar-refractivity contribution >= 4 is 46.7 Å². The number of carbonyl (C=O) groups excluding carboxylic acids is 3. The highest BCUT2D eigenvalue weighted by molar-refractivity contribution is 6.35. The van der Waals surface area contributed by atoms with Crippen LogP contribution >= 0.6 is 23.2 Å². The molecule has 1 heterocycles. The average molecular weight is 302 g/mol. The zero-order valence-electron chi connectivity index (χ0n) is 9.85. The summed E-state index contributed by atoms with van der Waals surface area (Å²) in [6.45, 7) is 1.28. The Bertz CT molecular complexity index is 553. The van der Waals surface area contributed by atoms with Crippen LogP contribution in [0.3, 0.4) is 0 Å². The molecule has 0 unspecified atom stereocenters. The Morgan fingerprint density at radius 1 is 1.26 bits per heavy atom. The SMILES string of the molecule is CC(=O)N(c1cc(Cl)cc(Cl)c1)[C@H]1CC(=O)OC1=O. The van der Waals surface area contributed by atoms with Crippen molar-refractivity contribution in [2.75, 3.05) is 4.90 Å². The second-order valence-corrected chi connectivity index (χ2v) is 4.90. The molecule has 0 aromatic heterocycles. The van der Waals surface area contributed by atoms with Crippen molar-refractivity contribution in [2.45, 2.75) is 19.4 Å². The highest BCUT2D eigenvalue weighted by atomic mass is 35.5. The molecule has 1 aliphatic rings. The maximum absolute atomic E-state index is 11.7. The highest BCUT2D eigenvalue weighted by Gasteiger charge is 2.40. The molecular formula is C12H9Cl2NO4. The number of esters is 2. The predicted molar refractivity (Wildman–Crippen MR) is 69.1 cm³/mol. The molecular weight excluding hydrogens is 293 g/mol. The first-order chi connectivity index (χ1) is 8.88. The van der Waals surface area contributed by atoms with Crippen LogP contribution < -0.4 is 4.90 Å². The van der Waals surface area contributed by atoms with Gasteiger partial charge in [-0.15, -0.1) is 0 Å². The summed E-state index contributed by atoms with van der Waals surface area (Å²) in [6.07, 6.45) is -0.178. The lowest BCUT2D eigenvalue weighted by Crippen LogP contribution is -2.42. The van der Waals surface area contributed by atoms with E-state index in [0.29, 0.717) is 15.7 Å². The molecule has 1 aromatic rings. The lowest BCUT2D eigenvalue weighted by atomic mass is 10.1. The van der Waals surface area contributed by atoms with Gasteiger partial charge in [0.2, 0.25) is 5.91 Å². The van der Waals surface area contributed by atoms with Crippen LogP contribution in [0, 0.1) is 0 Å². The second-order valence-electron chi connectivity index (χ2n) is 4.03. The second kappa shape index (κ2) is 5.19. The minimum atomic E-state index is -0.973. The predicted octanol–water partition coefficient (Wildman–Crippen LogP) is 2.19. The minimum absolute atomic E-state index is 0.178. The molecule has 0 radical (unpaired) electrons. The fraction of sp³-hybridized carbons (Fsp3) is 0.250. The number of amides is 1. The molecule has 1 aromatic carbocycles. The van der Waals surface area contributed by atoms with E-state index >= 15 is 0 Å². The summed E-state index contributed by atoms with van der Waals surface area (Å²) in [5.41, 5.74) is 0.349. The van der Waals surface area contributed by atoms with Crippen LogP contribution in [0.25, 0.3) is 0 Å². The zero-order chi connectivity index (χ0) is 14.2. The molecule has 7 heteroatoms. The van der Waals surface area contributed by atoms with Crippen molar-refractivity contribution in [1.82, 2.24) is 0 Å². The number of carbonyl (C=O) groups is 3. The van der Waals surface area contributed by atoms with E-state index in [9.17, 15) is 14.4 Å². The Morgan fingerprint density at radius 3 is 2.26 bits per heavy atom. The van der Waals surface area contributed by atoms with Crippen LogP contribution in [0.2, 0.25) is 10.0 Å². The molecule has 0 saturated carbocycles. The molecule has 100 valence electrons. The van der Waals surface area contributed by atoms with Gasteiger partial charge in [0.05, 0.1) is 6.42 Å². The van der Waals surface area contributed by atoms with Crippen LogP contribution in [-0.2, 0) is 19.1 Å². The third-order valence-corrected chi connectivity index (χ3v) is 3.06. The number of cyclic esters (lactones) is 2. The largest absolute Gasteiger partial charge is 0.392 e. The van der Waals surface area contributed by atoms with Crippen LogP contribution in [0.4, 0.5) is 5.69 Å². The first-order valence-corrected chi connectivity index (χ1v) is 6.14. The monoisotopic (exact) mass is 301 g/mol. The van der Waals surface area contributed by atoms with Gasteiger partial charge in [-0.3, -0.25) is 14.5 Å². The standard InChI is InChI=1S/C12H9Cl2NO4/c1-6(16)15(10-5-11(17)19-12(10)18)9-3-7(13)2-8(14)4-9/h2-4,10H,5H2,1H3/t10-/m0/s1. The number of hydrogen-bond acceptors (Lipinski definition) is 4. The van der Waals surface area contributed by atoms with Gasteiger partial charge in [-0.1, -0.05) is 23.2 Å². The Kier molecular flexibility index (Phi) is 3.78. The quantitative estimate of drug-likeness (QED) is 0.620. The highest BCUT2D eigenvalue weighted by Crippen LogP contribution is 2.29. The zero-order valence-corrected chi connectivity index (χ0v) is 11.4. The molecule has 19 heavy (non-hydrogen) atoms. The average Bonchev–Trinajstić information content (AvgIpc) is 2.56. The topological polar surface area (TPSA) is 63.7 Å². The molecule has 1 atom stereocenters. The van der Waals surface area contributed by atoms with Crippen LogP contribution in [0.15, 0.2) is 18.2 Å². The van der Waals surface area contributed by atoms with E-state index in [4.69, 9.17) is 23.2 Å². The van der Waals surface area contributed by atoms with E-state index in [-0.39, 0.29) is 6.42 Å². The van der Waals surface area contributed by atoms with E-state index in [2.05, 4.69) is 4.74 Å². The van der Waals surface area contributed by atoms with Gasteiger partial charge in [0, 0.05) is 22.7 Å². The van der Waals surface area contributed by atoms with E-state index in [0.717, 1.165) is 4.90 Å². The Morgan fingerprint density at radius 2 is 1.84 bits per heavy atom. The van der Waals surface area contributed by atoms with E-state index in [1.165, 1.54) is 25.1 Å². The summed E-state index contributed by atoms with van der Waals surface area (Å²) in [4.78, 5) is 35.6. The number of nitrogens with zero attached hydrogens (tertiary/aromatic N) is 1. The molecule has 0 aliphatic carbocycles. The summed E-state index contributed by atoms with van der Waals surface area (Å²) in [5.74, 6) is -1.82. The summed E-state index contributed by atoms with van der Waals surface area (Å²) in [7, 11) is 0. The van der Waals surface area contributed by atoms with E-state index in [1.54, 1.807) is 0 Å². The maximum Gasteiger partial charge on any atom is 0.337 e. The van der Waals surface area contributed by atoms with Gasteiger partial charge < -0.3 is 4.74 Å². The number of ether oxygens (including phenoxy) is 1. The molecule has 1 saturated heterocycles. The fourth-order valence-corrected chi connectivity index (χ4v) is 2.43. The smallest absolute Gasteiger partial charge is 0.337 e. The summed E-state index contributed by atoms with van der Waals surface area (Å²) in [6, 6.07) is 3.51. The first kappa shape index (κ1) is 13.8. The number of benzene rings is 1. The van der Waals surface area contributed by atoms with Gasteiger partial charge in [-0.05, 0) is 18.2 Å². The van der Waals surface area contributed by atoms with E-state index < -0.39 is 23.9 Å². The number of rotatable bonds is 2. The third-order valence-electron chi connectivity index (χ3n) is 2.62. The molecule has 0 spiro atoms. The molecule has 5 nitrogen and oxygen atoms in total. The third kappa shape index (κ3) is 2.88. The van der Waals surface area contributed by atoms with Gasteiger partial charge >= 0.3 is 11.9 Å². The lowest BCUT2D eigenvalue weighted by Gasteiger charge is -2.25.